The number of alkyl carbamates (subject to hydrolysis) is 1. The van der Waals surface area contributed by atoms with E-state index in [1.54, 1.807) is 29.2 Å². The molecular weight excluding hydrogens is 433 g/mol. The van der Waals surface area contributed by atoms with Crippen LogP contribution in [0.1, 0.15) is 11.8 Å². The number of amides is 1. The van der Waals surface area contributed by atoms with E-state index in [1.165, 1.54) is 0 Å². The number of ether oxygens (including phenoxy) is 3. The molecule has 1 amide bonds. The van der Waals surface area contributed by atoms with Crippen LogP contribution in [0, 0.1) is 5.82 Å². The predicted molar refractivity (Wildman–Crippen MR) is 103 cm³/mol. The number of hydrogen-bond acceptors (Lipinski definition) is 9. The van der Waals surface area contributed by atoms with Crippen molar-refractivity contribution in [2.75, 3.05) is 13.2 Å². The summed E-state index contributed by atoms with van der Waals surface area (Å²) in [6.07, 6.45) is -6.37. The maximum Gasteiger partial charge on any atom is 0.407 e. The number of carbonyl (C=O) groups is 2. The number of H-pyrrole nitrogens is 1. The first-order valence-corrected chi connectivity index (χ1v) is 9.39. The number of nitrogens with one attached hydrogen (secondary N) is 2. The van der Waals surface area contributed by atoms with Gasteiger partial charge in [-0.2, -0.15) is 4.39 Å². The largest absolute Gasteiger partial charge is 0.461 e. The molecule has 13 heteroatoms. The molecule has 0 unspecified atom stereocenters. The van der Waals surface area contributed by atoms with Gasteiger partial charge in [-0.15, -0.1) is 0 Å². The summed E-state index contributed by atoms with van der Waals surface area (Å²) < 4.78 is 29.2. The van der Waals surface area contributed by atoms with Crippen molar-refractivity contribution in [2.45, 2.75) is 31.1 Å². The van der Waals surface area contributed by atoms with Gasteiger partial charge in [-0.1, -0.05) is 30.3 Å². The zero-order chi connectivity index (χ0) is 23.3. The van der Waals surface area contributed by atoms with Gasteiger partial charge in [-0.25, -0.2) is 9.59 Å². The number of aliphatic hydroxyl groups excluding tert-OH is 2. The minimum absolute atomic E-state index is 0.00776. The zero-order valence-electron chi connectivity index (χ0n) is 16.5. The highest BCUT2D eigenvalue weighted by Gasteiger charge is 2.44. The molecule has 2 aromatic rings. The highest BCUT2D eigenvalue weighted by atomic mass is 19.1. The van der Waals surface area contributed by atoms with Gasteiger partial charge in [-0.3, -0.25) is 19.1 Å². The Hall–Kier alpha value is -3.55. The standard InChI is InChI=1S/C19H20FN3O9/c20-11-7-23(18(28)22-16(11)27)17-15(26)14(25)12(32-17)9-30-13(24)6-21-19(29)31-8-10-4-2-1-3-5-10/h1-5,7,12,14-15,17,25-26H,6,8-9H2,(H,21,29)(H,22,27,28)/t12-,14-,15-,17-/m1/s1. The second-order valence-electron chi connectivity index (χ2n) is 6.79. The van der Waals surface area contributed by atoms with Crippen molar-refractivity contribution in [3.63, 3.8) is 0 Å². The van der Waals surface area contributed by atoms with Crippen LogP contribution in [0.5, 0.6) is 0 Å². The number of esters is 1. The molecule has 0 saturated carbocycles. The number of hydrogen-bond donors (Lipinski definition) is 4. The summed E-state index contributed by atoms with van der Waals surface area (Å²) in [6.45, 7) is -1.06. The molecule has 1 aromatic carbocycles. The third-order valence-corrected chi connectivity index (χ3v) is 4.53. The number of benzene rings is 1. The van der Waals surface area contributed by atoms with Crippen LogP contribution in [-0.2, 0) is 25.6 Å². The first-order valence-electron chi connectivity index (χ1n) is 9.39. The van der Waals surface area contributed by atoms with Gasteiger partial charge in [0.1, 0.15) is 38.1 Å². The topological polar surface area (TPSA) is 169 Å². The van der Waals surface area contributed by atoms with Crippen LogP contribution in [0.15, 0.2) is 46.1 Å². The van der Waals surface area contributed by atoms with Crippen LogP contribution in [0.2, 0.25) is 0 Å². The van der Waals surface area contributed by atoms with Crippen LogP contribution in [0.4, 0.5) is 9.18 Å². The lowest BCUT2D eigenvalue weighted by Crippen LogP contribution is -2.39. The molecule has 4 N–H and O–H groups in total. The maximum atomic E-state index is 13.5. The Morgan fingerprint density at radius 3 is 2.59 bits per heavy atom. The Balaban J connectivity index is 1.46. The number of aliphatic hydroxyl groups is 2. The summed E-state index contributed by atoms with van der Waals surface area (Å²) >= 11 is 0. The number of nitrogens with zero attached hydrogens (tertiary/aromatic N) is 1. The van der Waals surface area contributed by atoms with E-state index >= 15 is 0 Å². The van der Waals surface area contributed by atoms with E-state index in [9.17, 15) is 33.8 Å². The maximum absolute atomic E-state index is 13.5. The van der Waals surface area contributed by atoms with E-state index in [0.29, 0.717) is 10.8 Å². The van der Waals surface area contributed by atoms with Crippen molar-refractivity contribution in [3.05, 3.63) is 68.7 Å². The third-order valence-electron chi connectivity index (χ3n) is 4.53. The minimum Gasteiger partial charge on any atom is -0.461 e. The van der Waals surface area contributed by atoms with Gasteiger partial charge in [-0.05, 0) is 5.56 Å². The van der Waals surface area contributed by atoms with Crippen molar-refractivity contribution in [1.29, 1.82) is 0 Å². The van der Waals surface area contributed by atoms with Gasteiger partial charge in [0.2, 0.25) is 5.82 Å². The molecular formula is C19H20FN3O9. The molecule has 0 bridgehead atoms. The first-order chi connectivity index (χ1) is 15.3. The molecule has 4 atom stereocenters. The van der Waals surface area contributed by atoms with Gasteiger partial charge in [0.25, 0.3) is 5.56 Å². The molecule has 172 valence electrons. The summed E-state index contributed by atoms with van der Waals surface area (Å²) in [6, 6.07) is 8.87. The number of halogens is 1. The Morgan fingerprint density at radius 2 is 1.88 bits per heavy atom. The highest BCUT2D eigenvalue weighted by molar-refractivity contribution is 5.77. The third kappa shape index (κ3) is 5.57. The Morgan fingerprint density at radius 1 is 1.16 bits per heavy atom. The second-order valence-corrected chi connectivity index (χ2v) is 6.79. The monoisotopic (exact) mass is 453 g/mol. The van der Waals surface area contributed by atoms with Crippen molar-refractivity contribution in [1.82, 2.24) is 14.9 Å². The molecule has 3 rings (SSSR count). The van der Waals surface area contributed by atoms with Crippen LogP contribution in [0.25, 0.3) is 0 Å². The van der Waals surface area contributed by atoms with Crippen LogP contribution >= 0.6 is 0 Å². The Bertz CT molecular complexity index is 1070. The van der Waals surface area contributed by atoms with E-state index in [2.05, 4.69) is 5.32 Å². The summed E-state index contributed by atoms with van der Waals surface area (Å²) in [5.74, 6) is -2.18. The molecule has 0 spiro atoms. The lowest BCUT2D eigenvalue weighted by atomic mass is 10.1. The average molecular weight is 453 g/mol. The summed E-state index contributed by atoms with van der Waals surface area (Å²) in [7, 11) is 0. The van der Waals surface area contributed by atoms with E-state index < -0.39 is 66.8 Å². The van der Waals surface area contributed by atoms with Crippen molar-refractivity contribution < 1.29 is 38.4 Å². The fourth-order valence-electron chi connectivity index (χ4n) is 2.89. The van der Waals surface area contributed by atoms with Gasteiger partial charge in [0.05, 0.1) is 6.20 Å². The van der Waals surface area contributed by atoms with Gasteiger partial charge in [0.15, 0.2) is 6.23 Å². The number of carbonyl (C=O) groups excluding carboxylic acids is 2. The molecule has 1 aliphatic rings. The van der Waals surface area contributed by atoms with E-state index in [1.807, 2.05) is 6.07 Å². The van der Waals surface area contributed by atoms with Gasteiger partial charge < -0.3 is 29.7 Å². The average Bonchev–Trinajstić information content (AvgIpc) is 3.06. The Labute approximate surface area is 179 Å². The highest BCUT2D eigenvalue weighted by Crippen LogP contribution is 2.28. The lowest BCUT2D eigenvalue weighted by Gasteiger charge is -2.16. The minimum atomic E-state index is -1.67. The molecule has 0 aliphatic carbocycles. The molecule has 0 radical (unpaired) electrons. The zero-order valence-corrected chi connectivity index (χ0v) is 16.5. The van der Waals surface area contributed by atoms with Gasteiger partial charge >= 0.3 is 17.8 Å². The smallest absolute Gasteiger partial charge is 0.407 e. The first kappa shape index (κ1) is 23.1. The van der Waals surface area contributed by atoms with Crippen molar-refractivity contribution >= 4 is 12.1 Å². The van der Waals surface area contributed by atoms with Crippen LogP contribution in [0.3, 0.4) is 0 Å². The Kier molecular flexibility index (Phi) is 7.35. The number of aromatic nitrogens is 2. The molecule has 1 aromatic heterocycles. The van der Waals surface area contributed by atoms with Crippen LogP contribution in [-0.4, -0.2) is 63.3 Å². The molecule has 12 nitrogen and oxygen atoms in total. The quantitative estimate of drug-likeness (QED) is 0.375. The van der Waals surface area contributed by atoms with E-state index in [0.717, 1.165) is 5.56 Å². The molecule has 1 aliphatic heterocycles. The fourth-order valence-corrected chi connectivity index (χ4v) is 2.89. The summed E-state index contributed by atoms with van der Waals surface area (Å²) in [5.41, 5.74) is -1.56. The normalized spacial score (nSPS) is 22.3. The summed E-state index contributed by atoms with van der Waals surface area (Å²) in [5, 5.41) is 22.4. The predicted octanol–water partition coefficient (Wildman–Crippen LogP) is -1.24. The summed E-state index contributed by atoms with van der Waals surface area (Å²) in [4.78, 5) is 48.1. The fraction of sp³-hybridized carbons (Fsp3) is 0.368. The molecule has 2 heterocycles. The number of rotatable bonds is 7. The van der Waals surface area contributed by atoms with Gasteiger partial charge in [0, 0.05) is 0 Å². The van der Waals surface area contributed by atoms with Crippen LogP contribution < -0.4 is 16.6 Å². The molecule has 1 saturated heterocycles. The second kappa shape index (κ2) is 10.2. The molecule has 1 fully saturated rings. The van der Waals surface area contributed by atoms with E-state index in [4.69, 9.17) is 14.2 Å². The molecule has 32 heavy (non-hydrogen) atoms. The van der Waals surface area contributed by atoms with Crippen molar-refractivity contribution in [3.8, 4) is 0 Å². The van der Waals surface area contributed by atoms with E-state index in [-0.39, 0.29) is 6.61 Å². The van der Waals surface area contributed by atoms with Crippen molar-refractivity contribution in [2.24, 2.45) is 0 Å². The number of aromatic amines is 1. The SMILES string of the molecule is O=C(CNC(=O)OCc1ccccc1)OC[C@H]1O[C@@H](n2cc(F)c(=O)[nH]c2=O)[C@H](O)[C@@H]1O. The lowest BCUT2D eigenvalue weighted by molar-refractivity contribution is -0.149.